The predicted molar refractivity (Wildman–Crippen MR) is 74.3 cm³/mol. The van der Waals surface area contributed by atoms with E-state index in [1.165, 1.54) is 17.0 Å². The first-order valence-electron chi connectivity index (χ1n) is 5.84. The highest BCUT2D eigenvalue weighted by Gasteiger charge is 2.10. The predicted octanol–water partition coefficient (Wildman–Crippen LogP) is 1.23. The van der Waals surface area contributed by atoms with Gasteiger partial charge in [0.05, 0.1) is 16.8 Å². The van der Waals surface area contributed by atoms with Crippen LogP contribution in [0.1, 0.15) is 5.56 Å². The second-order valence-electron chi connectivity index (χ2n) is 4.16. The lowest BCUT2D eigenvalue weighted by molar-refractivity contribution is 0.955. The molecule has 2 aromatic heterocycles. The van der Waals surface area contributed by atoms with Crippen LogP contribution in [0, 0.1) is 11.3 Å². The molecule has 0 spiro atoms. The largest absolute Gasteiger partial charge is 0.383 e. The fourth-order valence-electron chi connectivity index (χ4n) is 1.92. The van der Waals surface area contributed by atoms with E-state index in [4.69, 9.17) is 11.0 Å². The van der Waals surface area contributed by atoms with Crippen LogP contribution in [-0.2, 0) is 0 Å². The standard InChI is InChI=1S/C14H9N5O/c15-7-9-6-11-12(18-13(9)16)14(20)19(8-17-11)10-4-2-1-3-5-10/h1-6,8H,(H2,16,18). The Bertz CT molecular complexity index is 893. The topological polar surface area (TPSA) is 97.6 Å². The summed E-state index contributed by atoms with van der Waals surface area (Å²) in [6.45, 7) is 0. The second kappa shape index (κ2) is 4.48. The molecule has 0 unspecified atom stereocenters. The van der Waals surface area contributed by atoms with Gasteiger partial charge in [-0.3, -0.25) is 9.36 Å². The molecule has 0 aliphatic rings. The molecule has 96 valence electrons. The second-order valence-corrected chi connectivity index (χ2v) is 4.16. The first kappa shape index (κ1) is 11.9. The number of hydrogen-bond donors (Lipinski definition) is 1. The van der Waals surface area contributed by atoms with E-state index in [2.05, 4.69) is 9.97 Å². The van der Waals surface area contributed by atoms with Gasteiger partial charge in [-0.25, -0.2) is 9.97 Å². The van der Waals surface area contributed by atoms with Crippen LogP contribution in [0.15, 0.2) is 47.5 Å². The van der Waals surface area contributed by atoms with E-state index in [-0.39, 0.29) is 22.5 Å². The van der Waals surface area contributed by atoms with Gasteiger partial charge in [0.25, 0.3) is 5.56 Å². The molecule has 0 amide bonds. The molecular formula is C14H9N5O. The van der Waals surface area contributed by atoms with Crippen LogP contribution in [0.5, 0.6) is 0 Å². The van der Waals surface area contributed by atoms with Gasteiger partial charge in [-0.1, -0.05) is 18.2 Å². The summed E-state index contributed by atoms with van der Waals surface area (Å²) in [7, 11) is 0. The van der Waals surface area contributed by atoms with Crippen LogP contribution in [0.25, 0.3) is 16.7 Å². The summed E-state index contributed by atoms with van der Waals surface area (Å²) in [6, 6.07) is 12.5. The average Bonchev–Trinajstić information content (AvgIpc) is 2.48. The Hall–Kier alpha value is -3.20. The molecule has 0 aliphatic carbocycles. The number of fused-ring (bicyclic) bond motifs is 1. The van der Waals surface area contributed by atoms with Crippen molar-refractivity contribution < 1.29 is 0 Å². The fourth-order valence-corrected chi connectivity index (χ4v) is 1.92. The van der Waals surface area contributed by atoms with E-state index in [0.717, 1.165) is 0 Å². The maximum Gasteiger partial charge on any atom is 0.284 e. The van der Waals surface area contributed by atoms with Crippen molar-refractivity contribution in [2.24, 2.45) is 0 Å². The molecule has 0 atom stereocenters. The molecule has 0 saturated carbocycles. The quantitative estimate of drug-likeness (QED) is 0.712. The van der Waals surface area contributed by atoms with E-state index in [1.807, 2.05) is 24.3 Å². The highest BCUT2D eigenvalue weighted by atomic mass is 16.1. The van der Waals surface area contributed by atoms with Gasteiger partial charge in [0.15, 0.2) is 5.52 Å². The molecule has 3 aromatic rings. The number of nitrogens with zero attached hydrogens (tertiary/aromatic N) is 4. The molecule has 6 nitrogen and oxygen atoms in total. The molecule has 2 heterocycles. The van der Waals surface area contributed by atoms with Gasteiger partial charge in [-0.05, 0) is 18.2 Å². The zero-order chi connectivity index (χ0) is 14.1. The summed E-state index contributed by atoms with van der Waals surface area (Å²) >= 11 is 0. The lowest BCUT2D eigenvalue weighted by Crippen LogP contribution is -2.20. The highest BCUT2D eigenvalue weighted by molar-refractivity contribution is 5.78. The average molecular weight is 263 g/mol. The van der Waals surface area contributed by atoms with Crippen molar-refractivity contribution in [3.63, 3.8) is 0 Å². The number of rotatable bonds is 1. The van der Waals surface area contributed by atoms with Crippen LogP contribution in [0.4, 0.5) is 5.82 Å². The Morgan fingerprint density at radius 3 is 2.70 bits per heavy atom. The third-order valence-electron chi connectivity index (χ3n) is 2.92. The summed E-state index contributed by atoms with van der Waals surface area (Å²) in [6.07, 6.45) is 1.42. The third kappa shape index (κ3) is 1.78. The molecule has 0 fully saturated rings. The number of pyridine rings is 1. The lowest BCUT2D eigenvalue weighted by atomic mass is 10.2. The van der Waals surface area contributed by atoms with Crippen LogP contribution >= 0.6 is 0 Å². The Labute approximate surface area is 113 Å². The van der Waals surface area contributed by atoms with Crippen LogP contribution in [-0.4, -0.2) is 14.5 Å². The number of para-hydroxylation sites is 1. The Kier molecular flexibility index (Phi) is 2.66. The minimum atomic E-state index is -0.322. The summed E-state index contributed by atoms with van der Waals surface area (Å²) in [5.41, 5.74) is 6.73. The van der Waals surface area contributed by atoms with Crippen molar-refractivity contribution in [2.45, 2.75) is 0 Å². The Morgan fingerprint density at radius 1 is 1.25 bits per heavy atom. The van der Waals surface area contributed by atoms with Gasteiger partial charge >= 0.3 is 0 Å². The van der Waals surface area contributed by atoms with E-state index in [0.29, 0.717) is 11.2 Å². The first-order valence-corrected chi connectivity index (χ1v) is 5.84. The van der Waals surface area contributed by atoms with Crippen molar-refractivity contribution in [3.8, 4) is 11.8 Å². The molecule has 3 rings (SSSR count). The number of hydrogen-bond acceptors (Lipinski definition) is 5. The van der Waals surface area contributed by atoms with Gasteiger partial charge < -0.3 is 5.73 Å². The first-order chi connectivity index (χ1) is 9.70. The van der Waals surface area contributed by atoms with Crippen molar-refractivity contribution in [1.82, 2.24) is 14.5 Å². The zero-order valence-corrected chi connectivity index (χ0v) is 10.3. The van der Waals surface area contributed by atoms with E-state index in [9.17, 15) is 4.79 Å². The minimum Gasteiger partial charge on any atom is -0.383 e. The van der Waals surface area contributed by atoms with Crippen molar-refractivity contribution in [3.05, 3.63) is 58.6 Å². The Morgan fingerprint density at radius 2 is 2.00 bits per heavy atom. The van der Waals surface area contributed by atoms with Gasteiger partial charge in [-0.2, -0.15) is 5.26 Å². The van der Waals surface area contributed by atoms with Crippen LogP contribution in [0.3, 0.4) is 0 Å². The van der Waals surface area contributed by atoms with Crippen LogP contribution in [0.2, 0.25) is 0 Å². The summed E-state index contributed by atoms with van der Waals surface area (Å²) in [4.78, 5) is 20.6. The number of anilines is 1. The monoisotopic (exact) mass is 263 g/mol. The van der Waals surface area contributed by atoms with Crippen molar-refractivity contribution in [2.75, 3.05) is 5.73 Å². The lowest BCUT2D eigenvalue weighted by Gasteiger charge is -2.06. The van der Waals surface area contributed by atoms with Gasteiger partial charge in [0.2, 0.25) is 0 Å². The van der Waals surface area contributed by atoms with Crippen molar-refractivity contribution >= 4 is 16.9 Å². The molecule has 0 bridgehead atoms. The van der Waals surface area contributed by atoms with Gasteiger partial charge in [-0.15, -0.1) is 0 Å². The molecule has 0 saturated heterocycles. The fraction of sp³-hybridized carbons (Fsp3) is 0. The van der Waals surface area contributed by atoms with Crippen LogP contribution < -0.4 is 11.3 Å². The summed E-state index contributed by atoms with van der Waals surface area (Å²) in [5.74, 6) is 0.0321. The summed E-state index contributed by atoms with van der Waals surface area (Å²) < 4.78 is 1.39. The maximum absolute atomic E-state index is 12.4. The molecule has 0 aliphatic heterocycles. The molecule has 1 aromatic carbocycles. The van der Waals surface area contributed by atoms with Gasteiger partial charge in [0.1, 0.15) is 18.2 Å². The maximum atomic E-state index is 12.4. The van der Waals surface area contributed by atoms with Crippen molar-refractivity contribution in [1.29, 1.82) is 5.26 Å². The van der Waals surface area contributed by atoms with Gasteiger partial charge in [0, 0.05) is 0 Å². The normalized spacial score (nSPS) is 10.3. The number of nitrogen functional groups attached to an aromatic ring is 1. The van der Waals surface area contributed by atoms with E-state index in [1.54, 1.807) is 12.1 Å². The van der Waals surface area contributed by atoms with E-state index >= 15 is 0 Å². The molecule has 2 N–H and O–H groups in total. The zero-order valence-electron chi connectivity index (χ0n) is 10.3. The molecule has 20 heavy (non-hydrogen) atoms. The smallest absolute Gasteiger partial charge is 0.284 e. The Balaban J connectivity index is 2.33. The summed E-state index contributed by atoms with van der Waals surface area (Å²) in [5, 5.41) is 8.90. The molecule has 0 radical (unpaired) electrons. The minimum absolute atomic E-state index is 0.0321. The molecular weight excluding hydrogens is 254 g/mol. The SMILES string of the molecule is N#Cc1cc2ncn(-c3ccccc3)c(=O)c2nc1N. The third-order valence-corrected chi connectivity index (χ3v) is 2.92. The number of benzene rings is 1. The van der Waals surface area contributed by atoms with E-state index < -0.39 is 0 Å². The number of nitriles is 1. The highest BCUT2D eigenvalue weighted by Crippen LogP contribution is 2.14. The number of nitrogens with two attached hydrogens (primary N) is 1. The number of aromatic nitrogens is 3. The molecule has 6 heteroatoms.